The second kappa shape index (κ2) is 7.87. The Bertz CT molecular complexity index is 836. The molecule has 0 bridgehead atoms. The maximum Gasteiger partial charge on any atom is 0.252 e. The lowest BCUT2D eigenvalue weighted by Gasteiger charge is -2.30. The summed E-state index contributed by atoms with van der Waals surface area (Å²) in [4.78, 5) is 20.4. The van der Waals surface area contributed by atoms with Crippen molar-refractivity contribution in [3.8, 4) is 0 Å². The first-order valence-corrected chi connectivity index (χ1v) is 9.08. The number of anilines is 3. The Hall–Kier alpha value is -2.74. The molecule has 2 aromatic heterocycles. The largest absolute Gasteiger partial charge is 0.365 e. The van der Waals surface area contributed by atoms with E-state index in [9.17, 15) is 9.18 Å². The lowest BCUT2D eigenvalue weighted by molar-refractivity contribution is 0.100. The Morgan fingerprint density at radius 3 is 2.41 bits per heavy atom. The van der Waals surface area contributed by atoms with Gasteiger partial charge in [0, 0.05) is 29.2 Å². The molecule has 1 amide bonds. The molecule has 0 aromatic carbocycles. The Kier molecular flexibility index (Phi) is 5.55. The van der Waals surface area contributed by atoms with Crippen molar-refractivity contribution >= 4 is 23.2 Å². The number of aromatic nitrogens is 2. The van der Waals surface area contributed by atoms with E-state index < -0.39 is 11.7 Å². The summed E-state index contributed by atoms with van der Waals surface area (Å²) in [7, 11) is 0. The summed E-state index contributed by atoms with van der Waals surface area (Å²) in [5.41, 5.74) is 13.9. The molecule has 0 radical (unpaired) electrons. The van der Waals surface area contributed by atoms with Gasteiger partial charge in [-0.1, -0.05) is 12.8 Å². The van der Waals surface area contributed by atoms with Gasteiger partial charge in [-0.05, 0) is 44.9 Å². The molecule has 6 N–H and O–H groups in total. The van der Waals surface area contributed by atoms with E-state index in [4.69, 9.17) is 11.5 Å². The third kappa shape index (κ3) is 4.51. The molecule has 27 heavy (non-hydrogen) atoms. The van der Waals surface area contributed by atoms with E-state index in [-0.39, 0.29) is 29.3 Å². The minimum Gasteiger partial charge on any atom is -0.365 e. The smallest absolute Gasteiger partial charge is 0.252 e. The van der Waals surface area contributed by atoms with Crippen LogP contribution in [0.25, 0.3) is 0 Å². The van der Waals surface area contributed by atoms with Crippen LogP contribution in [0.5, 0.6) is 0 Å². The predicted octanol–water partition coefficient (Wildman–Crippen LogP) is 2.76. The number of carbonyl (C=O) groups excluding carboxylic acids is 1. The molecule has 0 aliphatic heterocycles. The van der Waals surface area contributed by atoms with Crippen LogP contribution in [0.3, 0.4) is 0 Å². The van der Waals surface area contributed by atoms with Crippen LogP contribution < -0.4 is 22.1 Å². The number of nitrogens with two attached hydrogens (primary N) is 2. The maximum absolute atomic E-state index is 14.5. The predicted molar refractivity (Wildman–Crippen MR) is 104 cm³/mol. The van der Waals surface area contributed by atoms with E-state index in [0.717, 1.165) is 43.1 Å². The van der Waals surface area contributed by atoms with Gasteiger partial charge in [-0.15, -0.1) is 0 Å². The van der Waals surface area contributed by atoms with E-state index in [1.165, 1.54) is 0 Å². The number of rotatable bonds is 5. The van der Waals surface area contributed by atoms with E-state index in [0.29, 0.717) is 5.69 Å². The number of aryl methyl sites for hydroxylation is 2. The van der Waals surface area contributed by atoms with Crippen LogP contribution in [0.2, 0.25) is 0 Å². The van der Waals surface area contributed by atoms with Crippen molar-refractivity contribution in [2.75, 3.05) is 10.6 Å². The summed E-state index contributed by atoms with van der Waals surface area (Å²) in [6.45, 7) is 3.73. The van der Waals surface area contributed by atoms with Crippen molar-refractivity contribution in [1.82, 2.24) is 9.97 Å². The number of hydrogen-bond acceptors (Lipinski definition) is 6. The molecule has 1 saturated carbocycles. The summed E-state index contributed by atoms with van der Waals surface area (Å²) in [6, 6.07) is 4.62. The third-order valence-corrected chi connectivity index (χ3v) is 4.73. The first-order valence-electron chi connectivity index (χ1n) is 9.08. The van der Waals surface area contributed by atoms with Gasteiger partial charge < -0.3 is 22.1 Å². The molecule has 2 atom stereocenters. The summed E-state index contributed by atoms with van der Waals surface area (Å²) < 4.78 is 14.5. The average Bonchev–Trinajstić information content (AvgIpc) is 2.58. The molecule has 1 aliphatic carbocycles. The molecule has 7 nitrogen and oxygen atoms in total. The molecule has 8 heteroatoms. The normalized spacial score (nSPS) is 19.6. The SMILES string of the molecule is Cc1cc(Nc2nc(N[C@@H]3CCCC[C@@H]3N)c(F)cc2C(N)=O)cc(C)n1. The third-order valence-electron chi connectivity index (χ3n) is 4.73. The zero-order valence-electron chi connectivity index (χ0n) is 15.6. The maximum atomic E-state index is 14.5. The Morgan fingerprint density at radius 2 is 1.78 bits per heavy atom. The van der Waals surface area contributed by atoms with Crippen molar-refractivity contribution in [1.29, 1.82) is 0 Å². The molecule has 0 unspecified atom stereocenters. The molecular formula is C19H25FN6O. The van der Waals surface area contributed by atoms with Gasteiger partial charge in [0.2, 0.25) is 0 Å². The molecule has 0 saturated heterocycles. The Labute approximate surface area is 157 Å². The molecule has 2 aromatic rings. The topological polar surface area (TPSA) is 119 Å². The summed E-state index contributed by atoms with van der Waals surface area (Å²) in [5, 5.41) is 6.16. The Balaban J connectivity index is 1.94. The van der Waals surface area contributed by atoms with Gasteiger partial charge in [0.25, 0.3) is 5.91 Å². The lowest BCUT2D eigenvalue weighted by Crippen LogP contribution is -2.43. The van der Waals surface area contributed by atoms with Gasteiger partial charge in [-0.2, -0.15) is 0 Å². The fourth-order valence-corrected chi connectivity index (χ4v) is 3.43. The van der Waals surface area contributed by atoms with Gasteiger partial charge in [0.15, 0.2) is 11.6 Å². The number of nitrogens with one attached hydrogen (secondary N) is 2. The first kappa shape index (κ1) is 19.0. The standard InChI is InChI=1S/C19H25FN6O/c1-10-7-12(8-11(2)23-10)24-18-13(17(22)27)9-14(20)19(26-18)25-16-6-4-3-5-15(16)21/h7-9,15-16H,3-6,21H2,1-2H3,(H2,22,27)(H2,23,24,25,26)/t15-,16+/m0/s1. The highest BCUT2D eigenvalue weighted by Gasteiger charge is 2.24. The Morgan fingerprint density at radius 1 is 1.11 bits per heavy atom. The lowest BCUT2D eigenvalue weighted by atomic mass is 9.91. The number of carbonyl (C=O) groups is 1. The monoisotopic (exact) mass is 372 g/mol. The molecule has 1 fully saturated rings. The fourth-order valence-electron chi connectivity index (χ4n) is 3.43. The quantitative estimate of drug-likeness (QED) is 0.641. The van der Waals surface area contributed by atoms with E-state index >= 15 is 0 Å². The van der Waals surface area contributed by atoms with Gasteiger partial charge in [0.1, 0.15) is 5.82 Å². The van der Waals surface area contributed by atoms with Crippen LogP contribution in [0.1, 0.15) is 47.4 Å². The van der Waals surface area contributed by atoms with Crippen molar-refractivity contribution in [3.05, 3.63) is 41.0 Å². The second-order valence-corrected chi connectivity index (χ2v) is 7.04. The highest BCUT2D eigenvalue weighted by atomic mass is 19.1. The van der Waals surface area contributed by atoms with Crippen molar-refractivity contribution < 1.29 is 9.18 Å². The van der Waals surface area contributed by atoms with Crippen LogP contribution in [0.4, 0.5) is 21.7 Å². The molecule has 144 valence electrons. The number of primary amides is 1. The summed E-state index contributed by atoms with van der Waals surface area (Å²) >= 11 is 0. The van der Waals surface area contributed by atoms with Gasteiger partial charge in [-0.3, -0.25) is 9.78 Å². The van der Waals surface area contributed by atoms with Crippen LogP contribution in [0.15, 0.2) is 18.2 Å². The van der Waals surface area contributed by atoms with E-state index in [1.54, 1.807) is 0 Å². The van der Waals surface area contributed by atoms with Crippen molar-refractivity contribution in [3.63, 3.8) is 0 Å². The van der Waals surface area contributed by atoms with Gasteiger partial charge >= 0.3 is 0 Å². The first-order chi connectivity index (χ1) is 12.8. The average molecular weight is 372 g/mol. The van der Waals surface area contributed by atoms with E-state index in [1.807, 2.05) is 26.0 Å². The highest BCUT2D eigenvalue weighted by molar-refractivity contribution is 5.98. The van der Waals surface area contributed by atoms with Crippen LogP contribution in [-0.2, 0) is 0 Å². The second-order valence-electron chi connectivity index (χ2n) is 7.04. The molecule has 1 aliphatic rings. The molecular weight excluding hydrogens is 347 g/mol. The number of pyridine rings is 2. The van der Waals surface area contributed by atoms with Crippen LogP contribution in [-0.4, -0.2) is 28.0 Å². The fraction of sp³-hybridized carbons (Fsp3) is 0.421. The molecule has 3 rings (SSSR count). The minimum atomic E-state index is -0.757. The number of hydrogen-bond donors (Lipinski definition) is 4. The van der Waals surface area contributed by atoms with Crippen LogP contribution in [0, 0.1) is 19.7 Å². The van der Waals surface area contributed by atoms with Crippen molar-refractivity contribution in [2.24, 2.45) is 11.5 Å². The molecule has 0 spiro atoms. The zero-order valence-corrected chi connectivity index (χ0v) is 15.6. The van der Waals surface area contributed by atoms with E-state index in [2.05, 4.69) is 20.6 Å². The van der Waals surface area contributed by atoms with Crippen LogP contribution >= 0.6 is 0 Å². The molecule has 2 heterocycles. The van der Waals surface area contributed by atoms with Gasteiger partial charge in [-0.25, -0.2) is 9.37 Å². The number of nitrogens with zero attached hydrogens (tertiary/aromatic N) is 2. The minimum absolute atomic E-state index is 0.0156. The summed E-state index contributed by atoms with van der Waals surface area (Å²) in [6.07, 6.45) is 3.85. The van der Waals surface area contributed by atoms with Gasteiger partial charge in [0.05, 0.1) is 5.56 Å². The number of amides is 1. The highest BCUT2D eigenvalue weighted by Crippen LogP contribution is 2.27. The number of halogens is 1. The zero-order chi connectivity index (χ0) is 19.6. The van der Waals surface area contributed by atoms with Crippen molar-refractivity contribution in [2.45, 2.75) is 51.6 Å². The summed E-state index contributed by atoms with van der Waals surface area (Å²) in [5.74, 6) is -1.13.